The fourth-order valence-electron chi connectivity index (χ4n) is 3.36. The third-order valence-corrected chi connectivity index (χ3v) is 5.62. The van der Waals surface area contributed by atoms with E-state index in [0.29, 0.717) is 25.2 Å². The molecule has 0 spiro atoms. The zero-order chi connectivity index (χ0) is 23.6. The van der Waals surface area contributed by atoms with Crippen molar-refractivity contribution in [2.24, 2.45) is 4.99 Å². The van der Waals surface area contributed by atoms with Gasteiger partial charge in [0.05, 0.1) is 11.5 Å². The van der Waals surface area contributed by atoms with Crippen LogP contribution in [0.5, 0.6) is 0 Å². The summed E-state index contributed by atoms with van der Waals surface area (Å²) < 4.78 is 6.28. The number of carbonyl (C=O) groups excluding carboxylic acids is 1. The van der Waals surface area contributed by atoms with Crippen molar-refractivity contribution in [3.8, 4) is 0 Å². The van der Waals surface area contributed by atoms with Gasteiger partial charge in [-0.1, -0.05) is 28.1 Å². The number of rotatable bonds is 6. The predicted molar refractivity (Wildman–Crippen MR) is 124 cm³/mol. The molecule has 0 aliphatic carbocycles. The second-order valence-electron chi connectivity index (χ2n) is 7.16. The number of aliphatic carboxylic acids is 2. The van der Waals surface area contributed by atoms with Gasteiger partial charge in [0.2, 0.25) is 5.54 Å². The lowest BCUT2D eigenvalue weighted by Gasteiger charge is -2.25. The maximum absolute atomic E-state index is 12.7. The Bertz CT molecular complexity index is 1270. The lowest BCUT2D eigenvalue weighted by Crippen LogP contribution is -2.34. The SMILES string of the molecule is CC(C)OC(=O)Nc1cccc(C2(C(=O)O)N=c3c(Br)cc(Br)cc3=C2C=CC(=O)O)c1. The van der Waals surface area contributed by atoms with Crippen LogP contribution >= 0.6 is 31.9 Å². The normalized spacial score (nSPS) is 17.2. The van der Waals surface area contributed by atoms with Crippen LogP contribution in [0.4, 0.5) is 10.5 Å². The van der Waals surface area contributed by atoms with Crippen molar-refractivity contribution >= 4 is 61.2 Å². The largest absolute Gasteiger partial charge is 0.479 e. The number of nitrogens with zero attached hydrogens (tertiary/aromatic N) is 1. The van der Waals surface area contributed by atoms with Crippen LogP contribution in [0.2, 0.25) is 0 Å². The van der Waals surface area contributed by atoms with E-state index in [0.717, 1.165) is 6.08 Å². The van der Waals surface area contributed by atoms with E-state index in [1.54, 1.807) is 44.2 Å². The Morgan fingerprint density at radius 1 is 1.16 bits per heavy atom. The van der Waals surface area contributed by atoms with Gasteiger partial charge in [0, 0.05) is 31.5 Å². The highest BCUT2D eigenvalue weighted by molar-refractivity contribution is 9.11. The maximum Gasteiger partial charge on any atom is 0.411 e. The standard InChI is InChI=1S/C22H18Br2N2O6/c1-11(2)32-21(31)25-14-5-3-4-12(8-14)22(20(29)30)16(6-7-18(27)28)15-9-13(23)10-17(24)19(15)26-22/h3-11H,1-2H3,(H,25,31)(H,27,28)(H,29,30). The highest BCUT2D eigenvalue weighted by Gasteiger charge is 2.46. The van der Waals surface area contributed by atoms with Crippen molar-refractivity contribution in [1.82, 2.24) is 0 Å². The summed E-state index contributed by atoms with van der Waals surface area (Å²) in [5.41, 5.74) is -1.22. The minimum Gasteiger partial charge on any atom is -0.479 e. The van der Waals surface area contributed by atoms with E-state index in [1.165, 1.54) is 12.1 Å². The first-order valence-corrected chi connectivity index (χ1v) is 11.0. The molecular weight excluding hydrogens is 548 g/mol. The first kappa shape index (κ1) is 23.7. The van der Waals surface area contributed by atoms with Crippen LogP contribution in [0.1, 0.15) is 19.4 Å². The topological polar surface area (TPSA) is 125 Å². The van der Waals surface area contributed by atoms with Crippen molar-refractivity contribution < 1.29 is 29.3 Å². The molecule has 166 valence electrons. The molecule has 1 aliphatic rings. The Hall–Kier alpha value is -2.98. The molecule has 3 rings (SSSR count). The molecule has 0 aromatic heterocycles. The third kappa shape index (κ3) is 4.61. The van der Waals surface area contributed by atoms with E-state index in [4.69, 9.17) is 9.84 Å². The van der Waals surface area contributed by atoms with E-state index in [9.17, 15) is 19.5 Å². The number of benzene rings is 2. The molecule has 10 heteroatoms. The molecule has 1 aliphatic heterocycles. The number of ether oxygens (including phenoxy) is 1. The molecule has 1 heterocycles. The molecule has 0 saturated heterocycles. The van der Waals surface area contributed by atoms with Gasteiger partial charge in [0.15, 0.2) is 0 Å². The van der Waals surface area contributed by atoms with E-state index in [1.807, 2.05) is 0 Å². The van der Waals surface area contributed by atoms with Crippen molar-refractivity contribution in [3.63, 3.8) is 0 Å². The first-order chi connectivity index (χ1) is 15.0. The summed E-state index contributed by atoms with van der Waals surface area (Å²) >= 11 is 6.78. The van der Waals surface area contributed by atoms with Crippen LogP contribution in [0.15, 0.2) is 62.5 Å². The minimum absolute atomic E-state index is 0.173. The van der Waals surface area contributed by atoms with Gasteiger partial charge in [-0.05, 0) is 65.7 Å². The fraction of sp³-hybridized carbons (Fsp3) is 0.182. The lowest BCUT2D eigenvalue weighted by molar-refractivity contribution is -0.141. The van der Waals surface area contributed by atoms with Gasteiger partial charge in [0.1, 0.15) is 0 Å². The van der Waals surface area contributed by atoms with Gasteiger partial charge in [0.25, 0.3) is 0 Å². The second kappa shape index (κ2) is 9.25. The van der Waals surface area contributed by atoms with Crippen LogP contribution in [0, 0.1) is 0 Å². The Morgan fingerprint density at radius 2 is 1.88 bits per heavy atom. The number of halogens is 2. The average Bonchev–Trinajstić information content (AvgIpc) is 3.01. The monoisotopic (exact) mass is 564 g/mol. The third-order valence-electron chi connectivity index (χ3n) is 4.56. The summed E-state index contributed by atoms with van der Waals surface area (Å²) in [5, 5.41) is 22.9. The van der Waals surface area contributed by atoms with E-state index in [2.05, 4.69) is 42.2 Å². The van der Waals surface area contributed by atoms with Crippen LogP contribution in [-0.4, -0.2) is 34.3 Å². The van der Waals surface area contributed by atoms with Crippen LogP contribution in [0.25, 0.3) is 5.57 Å². The van der Waals surface area contributed by atoms with Crippen LogP contribution in [-0.2, 0) is 19.9 Å². The van der Waals surface area contributed by atoms with Gasteiger partial charge >= 0.3 is 18.0 Å². The number of carboxylic acids is 2. The molecule has 8 nitrogen and oxygen atoms in total. The summed E-state index contributed by atoms with van der Waals surface area (Å²) in [5.74, 6) is -2.53. The Balaban J connectivity index is 2.26. The van der Waals surface area contributed by atoms with Gasteiger partial charge in [-0.2, -0.15) is 0 Å². The highest BCUT2D eigenvalue weighted by atomic mass is 79.9. The zero-order valence-corrected chi connectivity index (χ0v) is 20.1. The Labute approximate surface area is 199 Å². The molecule has 2 aromatic rings. The number of carbonyl (C=O) groups is 3. The lowest BCUT2D eigenvalue weighted by atomic mass is 9.82. The summed E-state index contributed by atoms with van der Waals surface area (Å²) in [6, 6.07) is 9.59. The molecule has 3 N–H and O–H groups in total. The van der Waals surface area contributed by atoms with Crippen molar-refractivity contribution in [3.05, 3.63) is 73.6 Å². The molecule has 32 heavy (non-hydrogen) atoms. The Kier molecular flexibility index (Phi) is 6.85. The quantitative estimate of drug-likeness (QED) is 0.460. The maximum atomic E-state index is 12.7. The summed E-state index contributed by atoms with van der Waals surface area (Å²) in [4.78, 5) is 40.4. The smallest absolute Gasteiger partial charge is 0.411 e. The van der Waals surface area contributed by atoms with Crippen LogP contribution in [0.3, 0.4) is 0 Å². The first-order valence-electron chi connectivity index (χ1n) is 9.37. The van der Waals surface area contributed by atoms with E-state index in [-0.39, 0.29) is 17.2 Å². The second-order valence-corrected chi connectivity index (χ2v) is 8.93. The summed E-state index contributed by atoms with van der Waals surface area (Å²) in [6.45, 7) is 3.41. The molecule has 0 saturated carbocycles. The van der Waals surface area contributed by atoms with Gasteiger partial charge in [-0.25, -0.2) is 14.4 Å². The summed E-state index contributed by atoms with van der Waals surface area (Å²) in [6.07, 6.45) is 1.08. The molecule has 1 atom stereocenters. The fourth-order valence-corrected chi connectivity index (χ4v) is 4.68. The number of amides is 1. The van der Waals surface area contributed by atoms with Crippen molar-refractivity contribution in [1.29, 1.82) is 0 Å². The highest BCUT2D eigenvalue weighted by Crippen LogP contribution is 2.38. The van der Waals surface area contributed by atoms with Crippen LogP contribution < -0.4 is 15.9 Å². The van der Waals surface area contributed by atoms with Crippen molar-refractivity contribution in [2.45, 2.75) is 25.5 Å². The van der Waals surface area contributed by atoms with Gasteiger partial charge in [-0.3, -0.25) is 10.3 Å². The molecule has 1 amide bonds. The number of nitrogens with one attached hydrogen (secondary N) is 1. The number of hydrogen-bond acceptors (Lipinski definition) is 5. The predicted octanol–water partition coefficient (Wildman–Crippen LogP) is 3.57. The summed E-state index contributed by atoms with van der Waals surface area (Å²) in [7, 11) is 0. The Morgan fingerprint density at radius 3 is 2.50 bits per heavy atom. The molecule has 1 unspecified atom stereocenters. The van der Waals surface area contributed by atoms with Gasteiger partial charge < -0.3 is 14.9 Å². The molecule has 0 fully saturated rings. The number of anilines is 1. The van der Waals surface area contributed by atoms with Crippen molar-refractivity contribution in [2.75, 3.05) is 5.32 Å². The number of hydrogen-bond donors (Lipinski definition) is 3. The zero-order valence-electron chi connectivity index (χ0n) is 16.9. The number of fused-ring (bicyclic) bond motifs is 1. The van der Waals surface area contributed by atoms with E-state index >= 15 is 0 Å². The van der Waals surface area contributed by atoms with Gasteiger partial charge in [-0.15, -0.1) is 0 Å². The minimum atomic E-state index is -1.93. The molecular formula is C22H18Br2N2O6. The number of carboxylic acid groups (broad SMARTS) is 2. The molecule has 2 aromatic carbocycles. The van der Waals surface area contributed by atoms with E-state index < -0.39 is 23.6 Å². The molecule has 0 radical (unpaired) electrons. The molecule has 0 bridgehead atoms. The average molecular weight is 566 g/mol.